The summed E-state index contributed by atoms with van der Waals surface area (Å²) in [6, 6.07) is 0. The molecule has 2 aliphatic carbocycles. The van der Waals surface area contributed by atoms with Crippen molar-refractivity contribution in [1.82, 2.24) is 0 Å². The van der Waals surface area contributed by atoms with Crippen molar-refractivity contribution >= 4 is 16.6 Å². The molecule has 2 saturated carbocycles. The van der Waals surface area contributed by atoms with E-state index in [1.807, 2.05) is 0 Å². The van der Waals surface area contributed by atoms with Gasteiger partial charge in [-0.05, 0) is 24.2 Å². The lowest BCUT2D eigenvalue weighted by Gasteiger charge is -2.21. The Morgan fingerprint density at radius 1 is 1.25 bits per heavy atom. The summed E-state index contributed by atoms with van der Waals surface area (Å²) in [5.74, 6) is 4.24. The molecule has 3 heteroatoms. The van der Waals surface area contributed by atoms with E-state index in [4.69, 9.17) is 0 Å². The summed E-state index contributed by atoms with van der Waals surface area (Å²) in [7, 11) is -0.600. The number of hydrogen-bond acceptors (Lipinski definition) is 2. The minimum absolute atomic E-state index is 0.312. The molecule has 0 amide bonds. The zero-order valence-electron chi connectivity index (χ0n) is 6.86. The molecular weight excluding hydrogens is 172 g/mol. The van der Waals surface area contributed by atoms with Gasteiger partial charge in [-0.15, -0.1) is 0 Å². The van der Waals surface area contributed by atoms with Crippen LogP contribution in [-0.4, -0.2) is 21.5 Å². The second kappa shape index (κ2) is 2.19. The quantitative estimate of drug-likeness (QED) is 0.552. The number of rotatable bonds is 0. The molecule has 0 aromatic heterocycles. The van der Waals surface area contributed by atoms with Gasteiger partial charge in [-0.1, -0.05) is 0 Å². The minimum Gasteiger partial charge on any atom is -0.299 e. The van der Waals surface area contributed by atoms with E-state index in [-0.39, 0.29) is 0 Å². The third-order valence-corrected chi connectivity index (χ3v) is 5.38. The number of carbonyl (C=O) groups excluding carboxylic acids is 1. The van der Waals surface area contributed by atoms with Gasteiger partial charge in [0.1, 0.15) is 5.78 Å². The Hall–Kier alpha value is -0.180. The average molecular weight is 184 g/mol. The molecule has 2 nitrogen and oxygen atoms in total. The summed E-state index contributed by atoms with van der Waals surface area (Å²) in [5, 5.41) is 0. The lowest BCUT2D eigenvalue weighted by Crippen LogP contribution is -2.26. The second-order valence-electron chi connectivity index (χ2n) is 4.37. The predicted octanol–water partition coefficient (Wildman–Crippen LogP) is 0.590. The molecule has 1 aliphatic heterocycles. The fraction of sp³-hybridized carbons (Fsp3) is 0.889. The van der Waals surface area contributed by atoms with Crippen molar-refractivity contribution in [3.63, 3.8) is 0 Å². The second-order valence-corrected chi connectivity index (χ2v) is 5.92. The van der Waals surface area contributed by atoms with Gasteiger partial charge >= 0.3 is 0 Å². The first-order valence-electron chi connectivity index (χ1n) is 4.63. The topological polar surface area (TPSA) is 34.1 Å². The van der Waals surface area contributed by atoms with E-state index >= 15 is 0 Å². The van der Waals surface area contributed by atoms with E-state index < -0.39 is 10.8 Å². The molecule has 1 heterocycles. The van der Waals surface area contributed by atoms with Crippen molar-refractivity contribution in [2.75, 3.05) is 11.5 Å². The summed E-state index contributed by atoms with van der Waals surface area (Å²) in [5.41, 5.74) is 0. The van der Waals surface area contributed by atoms with Crippen LogP contribution in [0.4, 0.5) is 0 Å². The van der Waals surface area contributed by atoms with Crippen LogP contribution in [0.3, 0.4) is 0 Å². The first kappa shape index (κ1) is 7.25. The maximum atomic E-state index is 11.4. The molecule has 0 N–H and O–H groups in total. The highest BCUT2D eigenvalue weighted by Gasteiger charge is 2.55. The van der Waals surface area contributed by atoms with Crippen LogP contribution in [0.1, 0.15) is 12.8 Å². The lowest BCUT2D eigenvalue weighted by atomic mass is 9.81. The van der Waals surface area contributed by atoms with Crippen molar-refractivity contribution in [1.29, 1.82) is 0 Å². The summed E-state index contributed by atoms with van der Waals surface area (Å²) in [6.07, 6.45) is 1.91. The van der Waals surface area contributed by atoms with Crippen molar-refractivity contribution in [2.24, 2.45) is 23.7 Å². The van der Waals surface area contributed by atoms with Crippen LogP contribution in [0.25, 0.3) is 0 Å². The van der Waals surface area contributed by atoms with Gasteiger partial charge in [0.2, 0.25) is 0 Å². The molecule has 0 aromatic rings. The summed E-state index contributed by atoms with van der Waals surface area (Å²) in [6.45, 7) is 0. The first-order chi connectivity index (χ1) is 5.75. The van der Waals surface area contributed by atoms with E-state index in [0.717, 1.165) is 24.3 Å². The molecule has 1 unspecified atom stereocenters. The highest BCUT2D eigenvalue weighted by atomic mass is 32.2. The highest BCUT2D eigenvalue weighted by molar-refractivity contribution is 7.85. The van der Waals surface area contributed by atoms with Gasteiger partial charge in [0.15, 0.2) is 0 Å². The molecule has 1 saturated heterocycles. The first-order valence-corrected chi connectivity index (χ1v) is 6.12. The third-order valence-electron chi connectivity index (χ3n) is 3.86. The molecule has 12 heavy (non-hydrogen) atoms. The van der Waals surface area contributed by atoms with Crippen LogP contribution < -0.4 is 0 Å². The lowest BCUT2D eigenvalue weighted by molar-refractivity contribution is -0.123. The smallest absolute Gasteiger partial charge is 0.136 e. The van der Waals surface area contributed by atoms with E-state index in [1.165, 1.54) is 0 Å². The fourth-order valence-corrected chi connectivity index (χ4v) is 5.33. The van der Waals surface area contributed by atoms with E-state index in [2.05, 4.69) is 0 Å². The number of Topliss-reactive ketones (excluding diaryl/α,β-unsaturated/α-hetero) is 1. The zero-order valence-corrected chi connectivity index (χ0v) is 7.68. The summed E-state index contributed by atoms with van der Waals surface area (Å²) in [4.78, 5) is 11.4. The predicted molar refractivity (Wildman–Crippen MR) is 46.1 cm³/mol. The Morgan fingerprint density at radius 2 is 2.00 bits per heavy atom. The molecule has 2 bridgehead atoms. The number of carbonyl (C=O) groups is 1. The van der Waals surface area contributed by atoms with Crippen LogP contribution in [0.5, 0.6) is 0 Å². The maximum Gasteiger partial charge on any atom is 0.136 e. The van der Waals surface area contributed by atoms with Crippen LogP contribution in [0.2, 0.25) is 0 Å². The van der Waals surface area contributed by atoms with Gasteiger partial charge in [0.25, 0.3) is 0 Å². The molecule has 3 fully saturated rings. The van der Waals surface area contributed by atoms with Crippen LogP contribution >= 0.6 is 0 Å². The SMILES string of the molecule is O=C1C[C@@H]2C[C@H]1[C@H]1CS(=O)C[C@@H]21. The monoisotopic (exact) mass is 184 g/mol. The van der Waals surface area contributed by atoms with E-state index in [0.29, 0.717) is 29.5 Å². The average Bonchev–Trinajstić information content (AvgIpc) is 2.57. The van der Waals surface area contributed by atoms with Gasteiger partial charge < -0.3 is 0 Å². The summed E-state index contributed by atoms with van der Waals surface area (Å²) < 4.78 is 11.3. The molecular formula is C9H12O2S. The number of hydrogen-bond donors (Lipinski definition) is 0. The zero-order chi connectivity index (χ0) is 8.29. The van der Waals surface area contributed by atoms with Gasteiger partial charge in [0.05, 0.1) is 0 Å². The van der Waals surface area contributed by atoms with Crippen LogP contribution in [0.15, 0.2) is 0 Å². The maximum absolute atomic E-state index is 11.4. The van der Waals surface area contributed by atoms with Crippen molar-refractivity contribution in [2.45, 2.75) is 12.8 Å². The van der Waals surface area contributed by atoms with Crippen LogP contribution in [-0.2, 0) is 15.6 Å². The number of ketones is 1. The molecule has 0 radical (unpaired) electrons. The van der Waals surface area contributed by atoms with Crippen molar-refractivity contribution < 1.29 is 9.00 Å². The molecule has 0 spiro atoms. The third kappa shape index (κ3) is 0.754. The van der Waals surface area contributed by atoms with Gasteiger partial charge in [-0.3, -0.25) is 9.00 Å². The largest absolute Gasteiger partial charge is 0.299 e. The van der Waals surface area contributed by atoms with Crippen LogP contribution in [0, 0.1) is 23.7 Å². The Kier molecular flexibility index (Phi) is 1.32. The van der Waals surface area contributed by atoms with Gasteiger partial charge in [-0.2, -0.15) is 0 Å². The highest BCUT2D eigenvalue weighted by Crippen LogP contribution is 2.53. The Balaban J connectivity index is 1.95. The summed E-state index contributed by atoms with van der Waals surface area (Å²) >= 11 is 0. The Morgan fingerprint density at radius 3 is 2.83 bits per heavy atom. The Bertz CT molecular complexity index is 274. The van der Waals surface area contributed by atoms with E-state index in [9.17, 15) is 9.00 Å². The van der Waals surface area contributed by atoms with Crippen molar-refractivity contribution in [3.8, 4) is 0 Å². The standard InChI is InChI=1S/C9H12O2S/c10-9-2-5-1-6(9)8-4-12(11)3-7(5)8/h5-8H,1-4H2/t5-,6-,7-,8+,12?/m0/s1. The molecule has 0 aromatic carbocycles. The van der Waals surface area contributed by atoms with E-state index in [1.54, 1.807) is 0 Å². The normalized spacial score (nSPS) is 56.3. The van der Waals surface area contributed by atoms with Gasteiger partial charge in [0, 0.05) is 34.6 Å². The number of fused-ring (bicyclic) bond motifs is 5. The van der Waals surface area contributed by atoms with Crippen molar-refractivity contribution in [3.05, 3.63) is 0 Å². The fourth-order valence-electron chi connectivity index (χ4n) is 3.34. The molecule has 66 valence electrons. The van der Waals surface area contributed by atoms with Gasteiger partial charge in [-0.25, -0.2) is 0 Å². The minimum atomic E-state index is -0.600. The Labute approximate surface area is 74.2 Å². The molecule has 5 atom stereocenters. The molecule has 3 rings (SSSR count). The molecule has 3 aliphatic rings.